The Kier molecular flexibility index (Phi) is 6.81. The quantitative estimate of drug-likeness (QED) is 0.421. The fraction of sp³-hybridized carbons (Fsp3) is 0.444. The van der Waals surface area contributed by atoms with Crippen molar-refractivity contribution >= 4 is 5.69 Å². The number of nitrogens with zero attached hydrogens (tertiary/aromatic N) is 1. The monoisotopic (exact) mass is 332 g/mol. The summed E-state index contributed by atoms with van der Waals surface area (Å²) in [7, 11) is 0. The van der Waals surface area contributed by atoms with Crippen molar-refractivity contribution in [2.24, 2.45) is 0 Å². The molecule has 0 saturated heterocycles. The van der Waals surface area contributed by atoms with Crippen LogP contribution in [0, 0.1) is 17.0 Å². The van der Waals surface area contributed by atoms with Gasteiger partial charge in [0.05, 0.1) is 18.1 Å². The number of rotatable bonds is 9. The summed E-state index contributed by atoms with van der Waals surface area (Å²) in [6.07, 6.45) is 8.57. The highest BCUT2D eigenvalue weighted by Crippen LogP contribution is 2.22. The van der Waals surface area contributed by atoms with Gasteiger partial charge in [-0.05, 0) is 25.0 Å². The zero-order valence-electron chi connectivity index (χ0n) is 14.2. The molecule has 0 bridgehead atoms. The Morgan fingerprint density at radius 2 is 2.17 bits per heavy atom. The standard InChI is InChI=1S/C18H24N2O4/c1-3-4-5-11-23-16-9-10-19-18(12-16)24-13-15-7-6-8-17(14(15)2)20(21)22/h6-10,12,18-19H,3-5,11,13H2,1-2H3. The topological polar surface area (TPSA) is 73.6 Å². The van der Waals surface area contributed by atoms with Crippen LogP contribution in [0.15, 0.2) is 42.3 Å². The third kappa shape index (κ3) is 5.09. The van der Waals surface area contributed by atoms with Crippen LogP contribution >= 0.6 is 0 Å². The Bertz CT molecular complexity index is 625. The van der Waals surface area contributed by atoms with E-state index in [1.165, 1.54) is 6.07 Å². The molecular formula is C18H24N2O4. The second-order valence-electron chi connectivity index (χ2n) is 5.67. The molecule has 1 unspecified atom stereocenters. The minimum absolute atomic E-state index is 0.114. The van der Waals surface area contributed by atoms with Crippen molar-refractivity contribution in [3.8, 4) is 0 Å². The second kappa shape index (κ2) is 9.08. The van der Waals surface area contributed by atoms with Gasteiger partial charge in [-0.1, -0.05) is 31.9 Å². The number of unbranched alkanes of at least 4 members (excludes halogenated alkanes) is 2. The predicted molar refractivity (Wildman–Crippen MR) is 92.2 cm³/mol. The molecule has 1 N–H and O–H groups in total. The summed E-state index contributed by atoms with van der Waals surface area (Å²) in [5.41, 5.74) is 1.55. The highest BCUT2D eigenvalue weighted by atomic mass is 16.6. The lowest BCUT2D eigenvalue weighted by molar-refractivity contribution is -0.385. The van der Waals surface area contributed by atoms with Crippen molar-refractivity contribution in [1.29, 1.82) is 0 Å². The van der Waals surface area contributed by atoms with Crippen molar-refractivity contribution in [3.63, 3.8) is 0 Å². The normalized spacial score (nSPS) is 16.4. The smallest absolute Gasteiger partial charge is 0.272 e. The van der Waals surface area contributed by atoms with Crippen LogP contribution in [0.5, 0.6) is 0 Å². The van der Waals surface area contributed by atoms with Gasteiger partial charge >= 0.3 is 0 Å². The van der Waals surface area contributed by atoms with Gasteiger partial charge in [0, 0.05) is 23.9 Å². The lowest BCUT2D eigenvalue weighted by atomic mass is 10.1. The molecule has 1 atom stereocenters. The number of ether oxygens (including phenoxy) is 2. The third-order valence-corrected chi connectivity index (χ3v) is 3.87. The van der Waals surface area contributed by atoms with Gasteiger partial charge in [-0.3, -0.25) is 10.1 Å². The number of nitro groups is 1. The average Bonchev–Trinajstić information content (AvgIpc) is 2.58. The lowest BCUT2D eigenvalue weighted by Gasteiger charge is -2.20. The number of benzene rings is 1. The Labute approximate surface area is 142 Å². The van der Waals surface area contributed by atoms with E-state index in [2.05, 4.69) is 12.2 Å². The molecule has 0 aliphatic carbocycles. The number of nitrogens with one attached hydrogen (secondary N) is 1. The first kappa shape index (κ1) is 18.0. The van der Waals surface area contributed by atoms with Gasteiger partial charge in [0.25, 0.3) is 5.69 Å². The molecule has 6 nitrogen and oxygen atoms in total. The van der Waals surface area contributed by atoms with Gasteiger partial charge in [-0.25, -0.2) is 0 Å². The molecule has 0 fully saturated rings. The van der Waals surface area contributed by atoms with E-state index < -0.39 is 0 Å². The largest absolute Gasteiger partial charge is 0.494 e. The third-order valence-electron chi connectivity index (χ3n) is 3.87. The van der Waals surface area contributed by atoms with E-state index in [1.807, 2.05) is 18.2 Å². The maximum absolute atomic E-state index is 11.0. The fourth-order valence-electron chi connectivity index (χ4n) is 2.42. The maximum Gasteiger partial charge on any atom is 0.272 e. The molecule has 0 amide bonds. The summed E-state index contributed by atoms with van der Waals surface area (Å²) in [6, 6.07) is 5.02. The minimum atomic E-state index is -0.372. The van der Waals surface area contributed by atoms with Crippen LogP contribution in [-0.4, -0.2) is 17.8 Å². The van der Waals surface area contributed by atoms with Gasteiger partial charge in [-0.2, -0.15) is 0 Å². The van der Waals surface area contributed by atoms with Crippen molar-refractivity contribution in [1.82, 2.24) is 5.32 Å². The number of allylic oxidation sites excluding steroid dienone is 1. The first-order chi connectivity index (χ1) is 11.6. The molecule has 0 aromatic heterocycles. The lowest BCUT2D eigenvalue weighted by Crippen LogP contribution is -2.28. The molecule has 0 radical (unpaired) electrons. The van der Waals surface area contributed by atoms with Crippen LogP contribution in [0.25, 0.3) is 0 Å². The Balaban J connectivity index is 1.90. The molecule has 1 aliphatic heterocycles. The molecule has 1 aromatic rings. The van der Waals surface area contributed by atoms with Crippen molar-refractivity contribution in [2.45, 2.75) is 45.9 Å². The van der Waals surface area contributed by atoms with Gasteiger partial charge < -0.3 is 14.8 Å². The summed E-state index contributed by atoms with van der Waals surface area (Å²) in [5.74, 6) is 0.783. The van der Waals surface area contributed by atoms with Crippen LogP contribution in [0.3, 0.4) is 0 Å². The molecule has 1 aromatic carbocycles. The average molecular weight is 332 g/mol. The van der Waals surface area contributed by atoms with Gasteiger partial charge in [-0.15, -0.1) is 0 Å². The molecule has 6 heteroatoms. The van der Waals surface area contributed by atoms with Crippen molar-refractivity contribution in [2.75, 3.05) is 6.61 Å². The molecule has 0 saturated carbocycles. The van der Waals surface area contributed by atoms with E-state index in [0.29, 0.717) is 18.8 Å². The van der Waals surface area contributed by atoms with Crippen LogP contribution in [0.2, 0.25) is 0 Å². The van der Waals surface area contributed by atoms with E-state index in [-0.39, 0.29) is 16.8 Å². The van der Waals surface area contributed by atoms with Gasteiger partial charge in [0.2, 0.25) is 0 Å². The van der Waals surface area contributed by atoms with E-state index in [4.69, 9.17) is 9.47 Å². The van der Waals surface area contributed by atoms with E-state index in [1.54, 1.807) is 19.2 Å². The van der Waals surface area contributed by atoms with Gasteiger partial charge in [0.1, 0.15) is 5.76 Å². The van der Waals surface area contributed by atoms with Crippen molar-refractivity contribution < 1.29 is 14.4 Å². The summed E-state index contributed by atoms with van der Waals surface area (Å²) < 4.78 is 11.5. The summed E-state index contributed by atoms with van der Waals surface area (Å²) in [5, 5.41) is 14.1. The highest BCUT2D eigenvalue weighted by molar-refractivity contribution is 5.44. The van der Waals surface area contributed by atoms with Crippen LogP contribution < -0.4 is 5.32 Å². The first-order valence-electron chi connectivity index (χ1n) is 8.23. The zero-order chi connectivity index (χ0) is 17.4. The number of hydrogen-bond donors (Lipinski definition) is 1. The first-order valence-corrected chi connectivity index (χ1v) is 8.23. The number of nitro benzene ring substituents is 1. The van der Waals surface area contributed by atoms with Crippen molar-refractivity contribution in [3.05, 3.63) is 63.6 Å². The molecule has 2 rings (SSSR count). The molecule has 130 valence electrons. The zero-order valence-corrected chi connectivity index (χ0v) is 14.2. The van der Waals surface area contributed by atoms with Crippen LogP contribution in [0.1, 0.15) is 37.3 Å². The SMILES string of the molecule is CCCCCOC1=CC(OCc2cccc([N+](=O)[O-])c2C)NC=C1. The minimum Gasteiger partial charge on any atom is -0.494 e. The summed E-state index contributed by atoms with van der Waals surface area (Å²) in [4.78, 5) is 10.6. The van der Waals surface area contributed by atoms with E-state index in [0.717, 1.165) is 30.6 Å². The highest BCUT2D eigenvalue weighted by Gasteiger charge is 2.15. The molecular weight excluding hydrogens is 308 g/mol. The fourth-order valence-corrected chi connectivity index (χ4v) is 2.42. The Morgan fingerprint density at radius 3 is 2.92 bits per heavy atom. The van der Waals surface area contributed by atoms with E-state index >= 15 is 0 Å². The van der Waals surface area contributed by atoms with Crippen LogP contribution in [0.4, 0.5) is 5.69 Å². The summed E-state index contributed by atoms with van der Waals surface area (Å²) >= 11 is 0. The van der Waals surface area contributed by atoms with Gasteiger partial charge in [0.15, 0.2) is 6.23 Å². The molecule has 0 spiro atoms. The Morgan fingerprint density at radius 1 is 1.33 bits per heavy atom. The predicted octanol–water partition coefficient (Wildman–Crippen LogP) is 3.95. The molecule has 1 heterocycles. The molecule has 24 heavy (non-hydrogen) atoms. The molecule has 1 aliphatic rings. The summed E-state index contributed by atoms with van der Waals surface area (Å²) in [6.45, 7) is 4.88. The number of dihydropyridines is 1. The Hall–Kier alpha value is -2.34. The second-order valence-corrected chi connectivity index (χ2v) is 5.67. The maximum atomic E-state index is 11.0. The number of hydrogen-bond acceptors (Lipinski definition) is 5. The van der Waals surface area contributed by atoms with E-state index in [9.17, 15) is 10.1 Å². The van der Waals surface area contributed by atoms with Crippen LogP contribution in [-0.2, 0) is 16.1 Å².